The van der Waals surface area contributed by atoms with E-state index in [1.165, 1.54) is 23.5 Å². The van der Waals surface area contributed by atoms with Gasteiger partial charge < -0.3 is 15.2 Å². The Balaban J connectivity index is 0.00000208. The van der Waals surface area contributed by atoms with E-state index in [0.29, 0.717) is 13.1 Å². The van der Waals surface area contributed by atoms with Gasteiger partial charge in [0.05, 0.1) is 24.5 Å². The van der Waals surface area contributed by atoms with Gasteiger partial charge >= 0.3 is 0 Å². The first-order chi connectivity index (χ1) is 11.2. The van der Waals surface area contributed by atoms with E-state index in [1.807, 2.05) is 6.92 Å². The van der Waals surface area contributed by atoms with Crippen LogP contribution in [0.1, 0.15) is 39.9 Å². The van der Waals surface area contributed by atoms with E-state index in [0.717, 1.165) is 35.3 Å². The molecule has 0 fully saturated rings. The van der Waals surface area contributed by atoms with Crippen LogP contribution in [-0.4, -0.2) is 27.5 Å². The number of rotatable bonds is 4. The molecule has 2 aromatic rings. The third-order valence-corrected chi connectivity index (χ3v) is 5.17. The molecule has 1 aliphatic rings. The molecule has 8 heteroatoms. The lowest BCUT2D eigenvalue weighted by Crippen LogP contribution is -2.36. The number of fused-ring (bicyclic) bond motifs is 1. The third-order valence-electron chi connectivity index (χ3n) is 4.10. The van der Waals surface area contributed by atoms with Crippen LogP contribution in [-0.2, 0) is 26.1 Å². The predicted molar refractivity (Wildman–Crippen MR) is 109 cm³/mol. The Kier molecular flexibility index (Phi) is 7.02. The maximum atomic E-state index is 4.70. The minimum atomic E-state index is 0. The molecule has 0 spiro atoms. The number of imidazole rings is 1. The minimum Gasteiger partial charge on any atom is -0.351 e. The normalized spacial score (nSPS) is 14.0. The van der Waals surface area contributed by atoms with Crippen molar-refractivity contribution in [2.24, 2.45) is 4.99 Å². The number of thiazole rings is 1. The summed E-state index contributed by atoms with van der Waals surface area (Å²) in [5.41, 5.74) is 2.18. The Bertz CT molecular complexity index is 662. The van der Waals surface area contributed by atoms with Gasteiger partial charge in [-0.1, -0.05) is 0 Å². The van der Waals surface area contributed by atoms with E-state index >= 15 is 0 Å². The second-order valence-corrected chi connectivity index (χ2v) is 7.12. The SMILES string of the molecule is CN=C(NCc1cn2c(n1)CCCC2)NCc1nc(C)c(C)s1.I. The van der Waals surface area contributed by atoms with Crippen LogP contribution in [0.3, 0.4) is 0 Å². The molecule has 0 amide bonds. The van der Waals surface area contributed by atoms with Crippen LogP contribution in [0.15, 0.2) is 11.2 Å². The molecule has 2 N–H and O–H groups in total. The van der Waals surface area contributed by atoms with Crippen LogP contribution in [0.5, 0.6) is 0 Å². The lowest BCUT2D eigenvalue weighted by molar-refractivity contribution is 0.522. The molecule has 3 heterocycles. The van der Waals surface area contributed by atoms with Crippen LogP contribution in [0, 0.1) is 13.8 Å². The van der Waals surface area contributed by atoms with Crippen molar-refractivity contribution < 1.29 is 0 Å². The molecular formula is C16H25IN6S. The lowest BCUT2D eigenvalue weighted by atomic mass is 10.2. The van der Waals surface area contributed by atoms with Crippen molar-refractivity contribution in [2.75, 3.05) is 7.05 Å². The number of nitrogens with zero attached hydrogens (tertiary/aromatic N) is 4. The van der Waals surface area contributed by atoms with Gasteiger partial charge in [-0.05, 0) is 26.7 Å². The fourth-order valence-corrected chi connectivity index (χ4v) is 3.60. The van der Waals surface area contributed by atoms with Crippen molar-refractivity contribution in [2.45, 2.75) is 52.7 Å². The molecule has 6 nitrogen and oxygen atoms in total. The monoisotopic (exact) mass is 460 g/mol. The summed E-state index contributed by atoms with van der Waals surface area (Å²) in [4.78, 5) is 14.8. The minimum absolute atomic E-state index is 0. The van der Waals surface area contributed by atoms with Gasteiger partial charge in [-0.15, -0.1) is 35.3 Å². The van der Waals surface area contributed by atoms with Crippen molar-refractivity contribution in [3.8, 4) is 0 Å². The standard InChI is InChI=1S/C16H24N6S.HI/c1-11-12(2)23-15(20-11)9-19-16(17-3)18-8-13-10-22-7-5-4-6-14(22)21-13;/h10H,4-9H2,1-3H3,(H2,17,18,19);1H. The van der Waals surface area contributed by atoms with Gasteiger partial charge in [0, 0.05) is 31.1 Å². The predicted octanol–water partition coefficient (Wildman–Crippen LogP) is 2.78. The highest BCUT2D eigenvalue weighted by molar-refractivity contribution is 14.0. The van der Waals surface area contributed by atoms with Gasteiger partial charge in [0.1, 0.15) is 10.8 Å². The molecule has 0 saturated carbocycles. The Hall–Kier alpha value is -1.16. The molecule has 132 valence electrons. The number of halogens is 1. The summed E-state index contributed by atoms with van der Waals surface area (Å²) >= 11 is 1.73. The van der Waals surface area contributed by atoms with Gasteiger partial charge in [-0.3, -0.25) is 4.99 Å². The summed E-state index contributed by atoms with van der Waals surface area (Å²) in [6, 6.07) is 0. The highest BCUT2D eigenvalue weighted by Gasteiger charge is 2.12. The number of guanidine groups is 1. The second-order valence-electron chi connectivity index (χ2n) is 5.83. The molecular weight excluding hydrogens is 435 g/mol. The first-order valence-electron chi connectivity index (χ1n) is 8.08. The lowest BCUT2D eigenvalue weighted by Gasteiger charge is -2.11. The van der Waals surface area contributed by atoms with Gasteiger partial charge in [-0.25, -0.2) is 9.97 Å². The van der Waals surface area contributed by atoms with Gasteiger partial charge in [0.15, 0.2) is 5.96 Å². The highest BCUT2D eigenvalue weighted by atomic mass is 127. The third kappa shape index (κ3) is 4.69. The number of nitrogens with one attached hydrogen (secondary N) is 2. The number of aryl methyl sites for hydroxylation is 4. The fraction of sp³-hybridized carbons (Fsp3) is 0.562. The maximum absolute atomic E-state index is 4.70. The van der Waals surface area contributed by atoms with Crippen LogP contribution < -0.4 is 10.6 Å². The largest absolute Gasteiger partial charge is 0.351 e. The molecule has 0 aromatic carbocycles. The smallest absolute Gasteiger partial charge is 0.191 e. The van der Waals surface area contributed by atoms with E-state index in [9.17, 15) is 0 Å². The fourth-order valence-electron chi connectivity index (χ4n) is 2.73. The molecule has 0 bridgehead atoms. The highest BCUT2D eigenvalue weighted by Crippen LogP contribution is 2.16. The van der Waals surface area contributed by atoms with E-state index in [2.05, 4.69) is 38.3 Å². The van der Waals surface area contributed by atoms with E-state index < -0.39 is 0 Å². The quantitative estimate of drug-likeness (QED) is 0.419. The van der Waals surface area contributed by atoms with E-state index in [4.69, 9.17) is 4.98 Å². The van der Waals surface area contributed by atoms with Gasteiger partial charge in [0.25, 0.3) is 0 Å². The summed E-state index contributed by atoms with van der Waals surface area (Å²) in [5, 5.41) is 7.72. The van der Waals surface area contributed by atoms with Gasteiger partial charge in [-0.2, -0.15) is 0 Å². The Morgan fingerprint density at radius 3 is 2.71 bits per heavy atom. The number of aromatic nitrogens is 3. The molecule has 3 rings (SSSR count). The summed E-state index contributed by atoms with van der Waals surface area (Å²) in [6.07, 6.45) is 5.75. The molecule has 24 heavy (non-hydrogen) atoms. The van der Waals surface area contributed by atoms with Crippen molar-refractivity contribution in [3.63, 3.8) is 0 Å². The molecule has 0 atom stereocenters. The summed E-state index contributed by atoms with van der Waals surface area (Å²) in [7, 11) is 1.78. The van der Waals surface area contributed by atoms with Crippen molar-refractivity contribution in [3.05, 3.63) is 33.3 Å². The second kappa shape index (κ2) is 8.80. The molecule has 0 radical (unpaired) electrons. The van der Waals surface area contributed by atoms with Crippen LogP contribution in [0.25, 0.3) is 0 Å². The Labute approximate surface area is 164 Å². The molecule has 0 saturated heterocycles. The summed E-state index contributed by atoms with van der Waals surface area (Å²) < 4.78 is 2.28. The first-order valence-corrected chi connectivity index (χ1v) is 8.89. The molecule has 0 unspecified atom stereocenters. The zero-order valence-corrected chi connectivity index (χ0v) is 17.6. The number of hydrogen-bond donors (Lipinski definition) is 2. The van der Waals surface area contributed by atoms with E-state index in [1.54, 1.807) is 18.4 Å². The van der Waals surface area contributed by atoms with Crippen LogP contribution in [0.4, 0.5) is 0 Å². The van der Waals surface area contributed by atoms with E-state index in [-0.39, 0.29) is 24.0 Å². The molecule has 2 aromatic heterocycles. The molecule has 1 aliphatic heterocycles. The first kappa shape index (κ1) is 19.2. The zero-order valence-electron chi connectivity index (χ0n) is 14.4. The molecule has 0 aliphatic carbocycles. The average molecular weight is 460 g/mol. The van der Waals surface area contributed by atoms with Crippen molar-refractivity contribution >= 4 is 41.3 Å². The zero-order chi connectivity index (χ0) is 16.2. The van der Waals surface area contributed by atoms with Crippen LogP contribution >= 0.6 is 35.3 Å². The number of aliphatic imine (C=N–C) groups is 1. The van der Waals surface area contributed by atoms with Crippen molar-refractivity contribution in [1.29, 1.82) is 0 Å². The number of hydrogen-bond acceptors (Lipinski definition) is 4. The Morgan fingerprint density at radius 1 is 1.25 bits per heavy atom. The topological polar surface area (TPSA) is 67.1 Å². The average Bonchev–Trinajstić information content (AvgIpc) is 3.10. The van der Waals surface area contributed by atoms with Crippen molar-refractivity contribution in [1.82, 2.24) is 25.2 Å². The Morgan fingerprint density at radius 2 is 2.04 bits per heavy atom. The summed E-state index contributed by atoms with van der Waals surface area (Å²) in [6.45, 7) is 6.62. The summed E-state index contributed by atoms with van der Waals surface area (Å²) in [5.74, 6) is 1.99. The van der Waals surface area contributed by atoms with Gasteiger partial charge in [0.2, 0.25) is 0 Å². The maximum Gasteiger partial charge on any atom is 0.191 e. The van der Waals surface area contributed by atoms with Crippen LogP contribution in [0.2, 0.25) is 0 Å².